The van der Waals surface area contributed by atoms with Gasteiger partial charge in [0.15, 0.2) is 0 Å². The summed E-state index contributed by atoms with van der Waals surface area (Å²) in [7, 11) is 0. The van der Waals surface area contributed by atoms with Gasteiger partial charge in [0, 0.05) is 0 Å². The Labute approximate surface area is 137 Å². The molecule has 2 aromatic rings. The van der Waals surface area contributed by atoms with Crippen LogP contribution in [0.2, 0.25) is 0 Å². The van der Waals surface area contributed by atoms with Crippen molar-refractivity contribution in [2.45, 2.75) is 0 Å². The van der Waals surface area contributed by atoms with Crippen LogP contribution < -0.4 is 10.6 Å². The van der Waals surface area contributed by atoms with Crippen molar-refractivity contribution in [3.63, 3.8) is 0 Å². The van der Waals surface area contributed by atoms with Crippen molar-refractivity contribution in [1.82, 2.24) is 15.9 Å². The van der Waals surface area contributed by atoms with E-state index in [0.29, 0.717) is 24.7 Å². The molecule has 22 heavy (non-hydrogen) atoms. The van der Waals surface area contributed by atoms with Crippen molar-refractivity contribution in [2.75, 3.05) is 36.9 Å². The van der Waals surface area contributed by atoms with E-state index in [2.05, 4.69) is 26.6 Å². The molecule has 0 saturated carbocycles. The van der Waals surface area contributed by atoms with Crippen LogP contribution >= 0.6 is 0 Å². The molecule has 1 aliphatic heterocycles. The molecule has 0 fully saturated rings. The van der Waals surface area contributed by atoms with E-state index in [4.69, 9.17) is 9.47 Å². The number of aromatic nitrogens is 4. The van der Waals surface area contributed by atoms with Gasteiger partial charge in [0.25, 0.3) is 0 Å². The van der Waals surface area contributed by atoms with Crippen LogP contribution in [0.15, 0.2) is 0 Å². The molecule has 3 rings (SSSR count). The summed E-state index contributed by atoms with van der Waals surface area (Å²) < 4.78 is 26.6. The Balaban J connectivity index is 1.75. The second-order valence-corrected chi connectivity index (χ2v) is 6.27. The Kier molecular flexibility index (Phi) is 4.83. The van der Waals surface area contributed by atoms with E-state index >= 15 is 0 Å². The van der Waals surface area contributed by atoms with Gasteiger partial charge in [-0.3, -0.25) is 0 Å². The minimum absolute atomic E-state index is 0.118. The van der Waals surface area contributed by atoms with E-state index in [1.807, 2.05) is 0 Å². The molecule has 116 valence electrons. The molecule has 0 aromatic carbocycles. The first-order valence-electron chi connectivity index (χ1n) is 6.23. The fourth-order valence-electron chi connectivity index (χ4n) is 1.64. The fraction of sp³-hybridized carbons (Fsp3) is 0.400. The second-order valence-electron chi connectivity index (χ2n) is 4.05. The molecule has 0 radical (unpaired) electrons. The maximum atomic E-state index is 11.9. The molecule has 0 aliphatic carbocycles. The summed E-state index contributed by atoms with van der Waals surface area (Å²) in [6.45, 7) is 0.857. The Morgan fingerprint density at radius 2 is 1.23 bits per heavy atom. The number of ether oxygens (including phenoxy) is 2. The molecule has 2 aromatic heterocycles. The Bertz CT molecular complexity index is 628. The first-order valence-corrected chi connectivity index (χ1v) is 9.29. The molecule has 0 unspecified atom stereocenters. The van der Waals surface area contributed by atoms with Crippen LogP contribution in [-0.4, -0.2) is 84.1 Å². The predicted octanol–water partition coefficient (Wildman–Crippen LogP) is -1.77. The van der Waals surface area contributed by atoms with Crippen LogP contribution in [0.25, 0.3) is 0 Å². The molecule has 3 heterocycles. The molecule has 0 spiro atoms. The van der Waals surface area contributed by atoms with Crippen LogP contribution in [0.1, 0.15) is 21.0 Å². The number of rotatable bonds is 0. The molecule has 0 amide bonds. The van der Waals surface area contributed by atoms with Crippen molar-refractivity contribution in [3.8, 4) is 0 Å². The third-order valence-corrected chi connectivity index (χ3v) is 4.84. The standard InChI is InChI=1S/C10H10N6O4Se2/c17-9-6-8(16-22-14-6)12-2-4-20-10(18)5-7(15-21-13-5)11-1-3-19-9/h1-4H2,(H,11,15)(H,12,16). The maximum absolute atomic E-state index is 11.9. The van der Waals surface area contributed by atoms with Crippen molar-refractivity contribution in [2.24, 2.45) is 0 Å². The third-order valence-electron chi connectivity index (χ3n) is 2.62. The number of hydrogen-bond donors (Lipinski definition) is 2. The number of carbonyl (C=O) groups is 2. The van der Waals surface area contributed by atoms with Gasteiger partial charge in [0.2, 0.25) is 0 Å². The van der Waals surface area contributed by atoms with Crippen molar-refractivity contribution in [3.05, 3.63) is 11.4 Å². The molecule has 10 nitrogen and oxygen atoms in total. The van der Waals surface area contributed by atoms with Gasteiger partial charge < -0.3 is 0 Å². The number of cyclic esters (lactones) is 2. The third kappa shape index (κ3) is 3.36. The van der Waals surface area contributed by atoms with E-state index < -0.39 is 11.9 Å². The quantitative estimate of drug-likeness (QED) is 0.362. The zero-order valence-electron chi connectivity index (χ0n) is 11.1. The predicted molar refractivity (Wildman–Crippen MR) is 75.5 cm³/mol. The van der Waals surface area contributed by atoms with Gasteiger partial charge in [-0.05, 0) is 0 Å². The SMILES string of the molecule is O=C1OCCNc2n[se]nc2C(=O)OCCNc2n[se]nc21. The Morgan fingerprint density at radius 1 is 0.773 bits per heavy atom. The number of carbonyl (C=O) groups excluding carboxylic acids is 2. The van der Waals surface area contributed by atoms with Crippen LogP contribution in [0.3, 0.4) is 0 Å². The minimum atomic E-state index is -0.520. The van der Waals surface area contributed by atoms with Gasteiger partial charge in [0.1, 0.15) is 0 Å². The number of nitrogens with one attached hydrogen (secondary N) is 2. The average Bonchev–Trinajstić information content (AvgIpc) is 3.15. The normalized spacial score (nSPS) is 16.2. The summed E-state index contributed by atoms with van der Waals surface area (Å²) in [5.74, 6) is -0.273. The molecule has 12 heteroatoms. The molecule has 0 bridgehead atoms. The molecule has 2 N–H and O–H groups in total. The number of fused-ring (bicyclic) bond motifs is 2. The van der Waals surface area contributed by atoms with Crippen LogP contribution in [-0.2, 0) is 9.47 Å². The number of hydrogen-bond acceptors (Lipinski definition) is 10. The number of nitrogens with zero attached hydrogens (tertiary/aromatic N) is 4. The Hall–Kier alpha value is -1.74. The zero-order valence-corrected chi connectivity index (χ0v) is 14.5. The second kappa shape index (κ2) is 7.01. The van der Waals surface area contributed by atoms with Gasteiger partial charge in [-0.15, -0.1) is 0 Å². The van der Waals surface area contributed by atoms with E-state index in [-0.39, 0.29) is 54.5 Å². The summed E-state index contributed by atoms with van der Waals surface area (Å²) >= 11 is -0.718. The molecule has 0 saturated heterocycles. The average molecular weight is 436 g/mol. The van der Waals surface area contributed by atoms with Gasteiger partial charge in [-0.25, -0.2) is 0 Å². The molecular formula is C10H10N6O4Se2. The van der Waals surface area contributed by atoms with Gasteiger partial charge in [-0.1, -0.05) is 0 Å². The van der Waals surface area contributed by atoms with Gasteiger partial charge >= 0.3 is 137 Å². The van der Waals surface area contributed by atoms with Crippen molar-refractivity contribution >= 4 is 53.5 Å². The number of anilines is 2. The molecular weight excluding hydrogens is 426 g/mol. The monoisotopic (exact) mass is 438 g/mol. The topological polar surface area (TPSA) is 128 Å². The zero-order chi connectivity index (χ0) is 15.4. The first-order chi connectivity index (χ1) is 10.8. The Morgan fingerprint density at radius 3 is 1.68 bits per heavy atom. The van der Waals surface area contributed by atoms with Gasteiger partial charge in [0.05, 0.1) is 0 Å². The van der Waals surface area contributed by atoms with Crippen molar-refractivity contribution < 1.29 is 19.1 Å². The van der Waals surface area contributed by atoms with Crippen molar-refractivity contribution in [1.29, 1.82) is 0 Å². The van der Waals surface area contributed by atoms with Crippen LogP contribution in [0.5, 0.6) is 0 Å². The van der Waals surface area contributed by atoms with Crippen LogP contribution in [0, 0.1) is 0 Å². The number of esters is 2. The summed E-state index contributed by atoms with van der Waals surface area (Å²) in [5, 5.41) is 5.84. The van der Waals surface area contributed by atoms with E-state index in [1.54, 1.807) is 0 Å². The molecule has 1 aliphatic rings. The van der Waals surface area contributed by atoms with E-state index in [9.17, 15) is 9.59 Å². The first kappa shape index (κ1) is 15.2. The summed E-state index contributed by atoms with van der Waals surface area (Å²) in [4.78, 5) is 23.8. The van der Waals surface area contributed by atoms with E-state index in [1.165, 1.54) is 0 Å². The fourth-order valence-corrected chi connectivity index (χ4v) is 3.81. The summed E-state index contributed by atoms with van der Waals surface area (Å²) in [6, 6.07) is 0. The molecule has 0 atom stereocenters. The van der Waals surface area contributed by atoms with E-state index in [0.717, 1.165) is 0 Å². The van der Waals surface area contributed by atoms with Gasteiger partial charge in [-0.2, -0.15) is 0 Å². The van der Waals surface area contributed by atoms with Crippen LogP contribution in [0.4, 0.5) is 11.6 Å². The summed E-state index contributed by atoms with van der Waals surface area (Å²) in [6.07, 6.45) is 0. The summed E-state index contributed by atoms with van der Waals surface area (Å²) in [5.41, 5.74) is 0.374.